The summed E-state index contributed by atoms with van der Waals surface area (Å²) in [7, 11) is 2.42. The van der Waals surface area contributed by atoms with Gasteiger partial charge in [-0.2, -0.15) is 0 Å². The summed E-state index contributed by atoms with van der Waals surface area (Å²) in [4.78, 5) is 23.0. The van der Waals surface area contributed by atoms with Crippen LogP contribution in [0.4, 0.5) is 0 Å². The molecule has 2 rings (SSSR count). The quantitative estimate of drug-likeness (QED) is 0.478. The number of ether oxygens (including phenoxy) is 2. The maximum atomic E-state index is 12.0. The first kappa shape index (κ1) is 15.5. The lowest BCUT2D eigenvalue weighted by Crippen LogP contribution is -2.48. The van der Waals surface area contributed by atoms with Gasteiger partial charge in [0.1, 0.15) is 0 Å². The highest BCUT2D eigenvalue weighted by Gasteiger charge is 2.52. The smallest absolute Gasteiger partial charge is 0.347 e. The Balaban J connectivity index is 2.49. The molecule has 1 aliphatic rings. The van der Waals surface area contributed by atoms with Gasteiger partial charge in [0.15, 0.2) is 11.3 Å². The number of amides is 1. The first-order valence-corrected chi connectivity index (χ1v) is 6.98. The third-order valence-corrected chi connectivity index (χ3v) is 4.35. The van der Waals surface area contributed by atoms with Crippen LogP contribution in [0, 0.1) is 0 Å². The van der Waals surface area contributed by atoms with Crippen LogP contribution in [0.25, 0.3) is 0 Å². The van der Waals surface area contributed by atoms with Crippen molar-refractivity contribution in [3.05, 3.63) is 47.2 Å². The van der Waals surface area contributed by atoms with Gasteiger partial charge in [-0.3, -0.25) is 4.79 Å². The molecule has 112 valence electrons. The van der Waals surface area contributed by atoms with E-state index in [-0.39, 0.29) is 11.3 Å². The molecule has 1 aliphatic heterocycles. The van der Waals surface area contributed by atoms with Crippen LogP contribution in [0.1, 0.15) is 10.4 Å². The molecule has 1 heterocycles. The second-order valence-corrected chi connectivity index (χ2v) is 5.31. The zero-order valence-corrected chi connectivity index (χ0v) is 13.0. The number of alkyl halides is 1. The first-order valence-electron chi connectivity index (χ1n) is 6.06. The van der Waals surface area contributed by atoms with Crippen molar-refractivity contribution in [2.75, 3.05) is 14.2 Å². The minimum absolute atomic E-state index is 0.176. The Kier molecular flexibility index (Phi) is 4.34. The third-order valence-electron chi connectivity index (χ3n) is 3.16. The van der Waals surface area contributed by atoms with Gasteiger partial charge in [-0.25, -0.2) is 4.79 Å². The molecule has 1 amide bonds. The summed E-state index contributed by atoms with van der Waals surface area (Å²) < 4.78 is 9.64. The number of methoxy groups -OCH3 is 2. The van der Waals surface area contributed by atoms with Gasteiger partial charge in [0.05, 0.1) is 19.0 Å². The van der Waals surface area contributed by atoms with Gasteiger partial charge >= 0.3 is 5.97 Å². The second kappa shape index (κ2) is 5.87. The van der Waals surface area contributed by atoms with Crippen molar-refractivity contribution in [3.8, 4) is 0 Å². The molecule has 7 heteroatoms. The highest BCUT2D eigenvalue weighted by Crippen LogP contribution is 2.41. The molecular weight excluding hydrogens is 342 g/mol. The van der Waals surface area contributed by atoms with E-state index < -0.39 is 22.4 Å². The lowest BCUT2D eigenvalue weighted by atomic mass is 10.0. The molecule has 6 nitrogen and oxygen atoms in total. The minimum Gasteiger partial charge on any atom is -0.495 e. The fourth-order valence-corrected chi connectivity index (χ4v) is 2.80. The van der Waals surface area contributed by atoms with E-state index in [0.29, 0.717) is 5.56 Å². The van der Waals surface area contributed by atoms with Crippen LogP contribution in [0.2, 0.25) is 0 Å². The number of rotatable bonds is 4. The molecule has 0 radical (unpaired) electrons. The monoisotopic (exact) mass is 355 g/mol. The zero-order chi connectivity index (χ0) is 15.6. The summed E-state index contributed by atoms with van der Waals surface area (Å²) in [5.74, 6) is -1.79. The Morgan fingerprint density at radius 1 is 1.33 bits per heavy atom. The van der Waals surface area contributed by atoms with E-state index in [9.17, 15) is 14.7 Å². The van der Waals surface area contributed by atoms with Gasteiger partial charge in [0, 0.05) is 0 Å². The van der Waals surface area contributed by atoms with Crippen LogP contribution in [0.3, 0.4) is 0 Å². The molecule has 0 saturated carbocycles. The summed E-state index contributed by atoms with van der Waals surface area (Å²) in [6.07, 6.45) is 0. The number of carbonyl (C=O) groups excluding carboxylic acids is 2. The minimum atomic E-state index is -1.88. The van der Waals surface area contributed by atoms with Crippen LogP contribution < -0.4 is 5.32 Å². The normalized spacial score (nSPS) is 22.8. The highest BCUT2D eigenvalue weighted by molar-refractivity contribution is 9.09. The molecule has 21 heavy (non-hydrogen) atoms. The third kappa shape index (κ3) is 2.54. The molecule has 0 aliphatic carbocycles. The van der Waals surface area contributed by atoms with Crippen molar-refractivity contribution in [1.29, 1.82) is 0 Å². The van der Waals surface area contributed by atoms with Crippen molar-refractivity contribution >= 4 is 27.8 Å². The number of nitrogens with one attached hydrogen (secondary N) is 1. The number of hydrogen-bond donors (Lipinski definition) is 2. The Morgan fingerprint density at radius 2 is 1.95 bits per heavy atom. The fraction of sp³-hybridized carbons (Fsp3) is 0.286. The number of hydrogen-bond acceptors (Lipinski definition) is 5. The molecular formula is C14H14BrNO5. The second-order valence-electron chi connectivity index (χ2n) is 4.39. The summed E-state index contributed by atoms with van der Waals surface area (Å²) in [6, 6.07) is 8.95. The molecule has 1 unspecified atom stereocenters. The number of carbonyl (C=O) groups is 2. The molecule has 0 aromatic heterocycles. The summed E-state index contributed by atoms with van der Waals surface area (Å²) in [5.41, 5.74) is -1.51. The van der Waals surface area contributed by atoms with E-state index in [1.165, 1.54) is 7.11 Å². The number of aliphatic hydroxyl groups is 1. The maximum Gasteiger partial charge on any atom is 0.347 e. The van der Waals surface area contributed by atoms with Gasteiger partial charge in [-0.15, -0.1) is 0 Å². The van der Waals surface area contributed by atoms with Gasteiger partial charge < -0.3 is 19.9 Å². The molecule has 1 aromatic carbocycles. The van der Waals surface area contributed by atoms with Gasteiger partial charge in [0.25, 0.3) is 5.91 Å². The largest absolute Gasteiger partial charge is 0.495 e. The van der Waals surface area contributed by atoms with Crippen LogP contribution in [0.5, 0.6) is 0 Å². The van der Waals surface area contributed by atoms with Crippen LogP contribution in [0.15, 0.2) is 41.7 Å². The van der Waals surface area contributed by atoms with E-state index in [4.69, 9.17) is 4.74 Å². The number of benzene rings is 1. The Labute approximate surface area is 129 Å². The average molecular weight is 356 g/mol. The molecule has 2 N–H and O–H groups in total. The highest BCUT2D eigenvalue weighted by atomic mass is 79.9. The van der Waals surface area contributed by atoms with Crippen molar-refractivity contribution in [3.63, 3.8) is 0 Å². The van der Waals surface area contributed by atoms with Crippen molar-refractivity contribution in [1.82, 2.24) is 5.32 Å². The SMILES string of the molecule is COC(=O)C1=C(OC)[C@](O)(C(Br)c2ccccc2)NC1=O. The average Bonchev–Trinajstić information content (AvgIpc) is 2.77. The Hall–Kier alpha value is -1.86. The van der Waals surface area contributed by atoms with Crippen LogP contribution >= 0.6 is 15.9 Å². The standard InChI is InChI=1S/C14H14BrNO5/c1-20-11-9(13(18)21-2)12(17)16-14(11,19)10(15)8-6-4-3-5-7-8/h3-7,10,19H,1-2H3,(H,16,17)/t10?,14-/m1/s1. The van der Waals surface area contributed by atoms with E-state index >= 15 is 0 Å². The van der Waals surface area contributed by atoms with E-state index in [1.54, 1.807) is 24.3 Å². The van der Waals surface area contributed by atoms with Crippen molar-refractivity contribution < 1.29 is 24.2 Å². The van der Waals surface area contributed by atoms with E-state index in [0.717, 1.165) is 7.11 Å². The predicted molar refractivity (Wildman–Crippen MR) is 77.3 cm³/mol. The lowest BCUT2D eigenvalue weighted by Gasteiger charge is -2.30. The van der Waals surface area contributed by atoms with Gasteiger partial charge in [-0.05, 0) is 5.56 Å². The summed E-state index contributed by atoms with van der Waals surface area (Å²) in [5, 5.41) is 13.2. The van der Waals surface area contributed by atoms with Crippen molar-refractivity contribution in [2.24, 2.45) is 0 Å². The van der Waals surface area contributed by atoms with E-state index in [2.05, 4.69) is 26.0 Å². The van der Waals surface area contributed by atoms with Gasteiger partial charge in [-0.1, -0.05) is 46.3 Å². The maximum absolute atomic E-state index is 12.0. The number of halogens is 1. The van der Waals surface area contributed by atoms with Crippen LogP contribution in [-0.4, -0.2) is 36.9 Å². The molecule has 0 saturated heterocycles. The fourth-order valence-electron chi connectivity index (χ4n) is 2.17. The lowest BCUT2D eigenvalue weighted by molar-refractivity contribution is -0.138. The molecule has 2 atom stereocenters. The molecule has 0 bridgehead atoms. The van der Waals surface area contributed by atoms with Crippen molar-refractivity contribution in [2.45, 2.75) is 10.6 Å². The molecule has 0 fully saturated rings. The first-order chi connectivity index (χ1) is 9.95. The molecule has 1 aromatic rings. The summed E-state index contributed by atoms with van der Waals surface area (Å²) >= 11 is 3.35. The van der Waals surface area contributed by atoms with Gasteiger partial charge in [0.2, 0.25) is 5.72 Å². The predicted octanol–water partition coefficient (Wildman–Crippen LogP) is 1.01. The Morgan fingerprint density at radius 3 is 2.48 bits per heavy atom. The Bertz CT molecular complexity index is 601. The molecule has 0 spiro atoms. The number of esters is 1. The topological polar surface area (TPSA) is 84.9 Å². The summed E-state index contributed by atoms with van der Waals surface area (Å²) in [6.45, 7) is 0. The zero-order valence-electron chi connectivity index (χ0n) is 11.4. The van der Waals surface area contributed by atoms with E-state index in [1.807, 2.05) is 6.07 Å². The van der Waals surface area contributed by atoms with Crippen LogP contribution in [-0.2, 0) is 19.1 Å².